The van der Waals surface area contributed by atoms with Crippen LogP contribution in [0.4, 0.5) is 4.39 Å². The summed E-state index contributed by atoms with van der Waals surface area (Å²) in [5.41, 5.74) is -0.325. The minimum absolute atomic E-state index is 0.0524. The number of methoxy groups -OCH3 is 1. The van der Waals surface area contributed by atoms with Crippen LogP contribution in [0.2, 0.25) is 0 Å². The normalized spacial score (nSPS) is 11.8. The molecule has 0 fully saturated rings. The van der Waals surface area contributed by atoms with E-state index in [2.05, 4.69) is 5.32 Å². The number of carboxylic acid groups (broad SMARTS) is 1. The lowest BCUT2D eigenvalue weighted by molar-refractivity contribution is -0.127. The Hall–Kier alpha value is -2.15. The minimum Gasteiger partial charge on any atom is -0.480 e. The van der Waals surface area contributed by atoms with Crippen molar-refractivity contribution >= 4 is 11.9 Å². The number of benzene rings is 1. The van der Waals surface area contributed by atoms with Crippen molar-refractivity contribution < 1.29 is 28.6 Å². The summed E-state index contributed by atoms with van der Waals surface area (Å²) in [6.45, 7) is 2.44. The lowest BCUT2D eigenvalue weighted by Gasteiger charge is -2.16. The Kier molecular flexibility index (Phi) is 6.61. The summed E-state index contributed by atoms with van der Waals surface area (Å²) in [6, 6.07) is 3.11. The minimum atomic E-state index is -1.32. The van der Waals surface area contributed by atoms with Crippen molar-refractivity contribution in [2.24, 2.45) is 0 Å². The summed E-state index contributed by atoms with van der Waals surface area (Å²) in [5, 5.41) is 11.6. The van der Waals surface area contributed by atoms with Crippen molar-refractivity contribution in [1.82, 2.24) is 5.32 Å². The number of ether oxygens (including phenoxy) is 2. The van der Waals surface area contributed by atoms with E-state index in [1.54, 1.807) is 7.11 Å². The van der Waals surface area contributed by atoms with Gasteiger partial charge in [-0.3, -0.25) is 4.79 Å². The van der Waals surface area contributed by atoms with E-state index in [4.69, 9.17) is 14.6 Å². The van der Waals surface area contributed by atoms with Gasteiger partial charge in [0.15, 0.2) is 6.10 Å². The van der Waals surface area contributed by atoms with Gasteiger partial charge in [0, 0.05) is 20.3 Å². The van der Waals surface area contributed by atoms with Crippen LogP contribution in [0.5, 0.6) is 5.75 Å². The van der Waals surface area contributed by atoms with Gasteiger partial charge in [0.25, 0.3) is 5.91 Å². The first-order valence-corrected chi connectivity index (χ1v) is 6.42. The molecule has 1 amide bonds. The fraction of sp³-hybridized carbons (Fsp3) is 0.429. The lowest BCUT2D eigenvalue weighted by Crippen LogP contribution is -2.37. The van der Waals surface area contributed by atoms with Crippen LogP contribution in [0.25, 0.3) is 0 Å². The number of carboxylic acids is 1. The van der Waals surface area contributed by atoms with Gasteiger partial charge in [-0.05, 0) is 31.5 Å². The van der Waals surface area contributed by atoms with Crippen molar-refractivity contribution in [2.75, 3.05) is 20.3 Å². The Morgan fingerprint density at radius 3 is 2.76 bits per heavy atom. The van der Waals surface area contributed by atoms with E-state index < -0.39 is 17.9 Å². The first kappa shape index (κ1) is 16.9. The molecular formula is C14H18FNO5. The monoisotopic (exact) mass is 299 g/mol. The third-order valence-electron chi connectivity index (χ3n) is 2.67. The molecule has 1 aromatic carbocycles. The Balaban J connectivity index is 2.63. The molecule has 0 heterocycles. The van der Waals surface area contributed by atoms with Crippen LogP contribution in [-0.4, -0.2) is 43.3 Å². The molecule has 0 aliphatic carbocycles. The molecule has 1 aromatic rings. The molecule has 7 heteroatoms. The van der Waals surface area contributed by atoms with Gasteiger partial charge in [0.1, 0.15) is 17.1 Å². The van der Waals surface area contributed by atoms with E-state index >= 15 is 0 Å². The van der Waals surface area contributed by atoms with E-state index in [0.29, 0.717) is 19.6 Å². The molecular weight excluding hydrogens is 281 g/mol. The molecule has 116 valence electrons. The highest BCUT2D eigenvalue weighted by atomic mass is 19.1. The number of amides is 1. The fourth-order valence-corrected chi connectivity index (χ4v) is 1.59. The molecule has 0 saturated heterocycles. The number of hydrogen-bond acceptors (Lipinski definition) is 4. The molecule has 0 radical (unpaired) electrons. The maximum absolute atomic E-state index is 13.0. The van der Waals surface area contributed by atoms with E-state index in [1.165, 1.54) is 13.0 Å². The second kappa shape index (κ2) is 8.21. The maximum atomic E-state index is 13.0. The Morgan fingerprint density at radius 1 is 1.43 bits per heavy atom. The molecule has 0 spiro atoms. The number of rotatable bonds is 8. The van der Waals surface area contributed by atoms with Gasteiger partial charge in [-0.15, -0.1) is 0 Å². The highest BCUT2D eigenvalue weighted by Gasteiger charge is 2.19. The van der Waals surface area contributed by atoms with Gasteiger partial charge >= 0.3 is 5.97 Å². The van der Waals surface area contributed by atoms with Gasteiger partial charge in [-0.2, -0.15) is 0 Å². The van der Waals surface area contributed by atoms with Crippen LogP contribution in [0.1, 0.15) is 23.7 Å². The standard InChI is InChI=1S/C14H18FNO5/c1-9(13(17)16-6-3-7-20-2)21-12-5-4-10(15)8-11(12)14(18)19/h4-5,8-9H,3,6-7H2,1-2H3,(H,16,17)(H,18,19). The molecule has 0 aliphatic heterocycles. The molecule has 2 N–H and O–H groups in total. The van der Waals surface area contributed by atoms with Crippen LogP contribution in [0.3, 0.4) is 0 Å². The predicted molar refractivity (Wildman–Crippen MR) is 73.0 cm³/mol. The average Bonchev–Trinajstić information content (AvgIpc) is 2.44. The average molecular weight is 299 g/mol. The smallest absolute Gasteiger partial charge is 0.339 e. The Morgan fingerprint density at radius 2 is 2.14 bits per heavy atom. The van der Waals surface area contributed by atoms with E-state index in [1.807, 2.05) is 0 Å². The zero-order valence-corrected chi connectivity index (χ0v) is 11.9. The van der Waals surface area contributed by atoms with E-state index in [0.717, 1.165) is 12.1 Å². The van der Waals surface area contributed by atoms with Crippen molar-refractivity contribution in [3.63, 3.8) is 0 Å². The molecule has 0 saturated carbocycles. The highest BCUT2D eigenvalue weighted by molar-refractivity contribution is 5.91. The SMILES string of the molecule is COCCCNC(=O)C(C)Oc1ccc(F)cc1C(=O)O. The molecule has 0 aliphatic rings. The third kappa shape index (κ3) is 5.39. The first-order valence-electron chi connectivity index (χ1n) is 6.42. The quantitative estimate of drug-likeness (QED) is 0.710. The third-order valence-corrected chi connectivity index (χ3v) is 2.67. The molecule has 21 heavy (non-hydrogen) atoms. The molecule has 0 bridgehead atoms. The second-order valence-corrected chi connectivity index (χ2v) is 4.34. The number of nitrogens with one attached hydrogen (secondary N) is 1. The summed E-state index contributed by atoms with van der Waals surface area (Å²) in [7, 11) is 1.57. The van der Waals surface area contributed by atoms with E-state index in [-0.39, 0.29) is 17.2 Å². The van der Waals surface area contributed by atoms with Crippen LogP contribution in [-0.2, 0) is 9.53 Å². The van der Waals surface area contributed by atoms with Gasteiger partial charge in [-0.25, -0.2) is 9.18 Å². The second-order valence-electron chi connectivity index (χ2n) is 4.34. The first-order chi connectivity index (χ1) is 9.95. The summed E-state index contributed by atoms with van der Waals surface area (Å²) in [6.07, 6.45) is -0.234. The molecule has 1 atom stereocenters. The molecule has 1 unspecified atom stereocenters. The van der Waals surface area contributed by atoms with Crippen LogP contribution < -0.4 is 10.1 Å². The summed E-state index contributed by atoms with van der Waals surface area (Å²) < 4.78 is 23.2. The fourth-order valence-electron chi connectivity index (χ4n) is 1.59. The lowest BCUT2D eigenvalue weighted by atomic mass is 10.2. The molecule has 0 aromatic heterocycles. The number of halogens is 1. The Bertz CT molecular complexity index is 506. The maximum Gasteiger partial charge on any atom is 0.339 e. The van der Waals surface area contributed by atoms with Crippen LogP contribution >= 0.6 is 0 Å². The number of hydrogen-bond donors (Lipinski definition) is 2. The van der Waals surface area contributed by atoms with Crippen LogP contribution in [0.15, 0.2) is 18.2 Å². The highest BCUT2D eigenvalue weighted by Crippen LogP contribution is 2.21. The Labute approximate surface area is 121 Å². The summed E-state index contributed by atoms with van der Waals surface area (Å²) in [4.78, 5) is 22.8. The number of carbonyl (C=O) groups is 2. The van der Waals surface area contributed by atoms with Gasteiger partial charge in [0.05, 0.1) is 0 Å². The largest absolute Gasteiger partial charge is 0.480 e. The zero-order valence-electron chi connectivity index (χ0n) is 11.9. The van der Waals surface area contributed by atoms with Gasteiger partial charge in [-0.1, -0.05) is 0 Å². The van der Waals surface area contributed by atoms with Crippen molar-refractivity contribution in [1.29, 1.82) is 0 Å². The van der Waals surface area contributed by atoms with E-state index in [9.17, 15) is 14.0 Å². The van der Waals surface area contributed by atoms with Gasteiger partial charge in [0.2, 0.25) is 0 Å². The van der Waals surface area contributed by atoms with Crippen molar-refractivity contribution in [2.45, 2.75) is 19.4 Å². The predicted octanol–water partition coefficient (Wildman–Crippen LogP) is 1.44. The van der Waals surface area contributed by atoms with Crippen molar-refractivity contribution in [3.05, 3.63) is 29.6 Å². The van der Waals surface area contributed by atoms with Crippen molar-refractivity contribution in [3.8, 4) is 5.75 Å². The molecule has 1 rings (SSSR count). The van der Waals surface area contributed by atoms with Gasteiger partial charge < -0.3 is 19.9 Å². The summed E-state index contributed by atoms with van der Waals surface area (Å²) >= 11 is 0. The topological polar surface area (TPSA) is 84.9 Å². The zero-order chi connectivity index (χ0) is 15.8. The number of carbonyl (C=O) groups excluding carboxylic acids is 1. The van der Waals surface area contributed by atoms with Crippen LogP contribution in [0, 0.1) is 5.82 Å². The summed E-state index contributed by atoms with van der Waals surface area (Å²) in [5.74, 6) is -2.44. The number of aromatic carboxylic acids is 1. The molecule has 6 nitrogen and oxygen atoms in total.